The van der Waals surface area contributed by atoms with Gasteiger partial charge in [-0.3, -0.25) is 4.79 Å². The Bertz CT molecular complexity index is 848. The number of nitrogens with one attached hydrogen (secondary N) is 1. The van der Waals surface area contributed by atoms with Gasteiger partial charge in [0, 0.05) is 22.5 Å². The van der Waals surface area contributed by atoms with Crippen LogP contribution in [0.25, 0.3) is 0 Å². The van der Waals surface area contributed by atoms with Crippen molar-refractivity contribution in [1.82, 2.24) is 9.97 Å². The van der Waals surface area contributed by atoms with E-state index in [-0.39, 0.29) is 23.5 Å². The predicted octanol–water partition coefficient (Wildman–Crippen LogP) is 2.65. The summed E-state index contributed by atoms with van der Waals surface area (Å²) in [4.78, 5) is 22.9. The van der Waals surface area contributed by atoms with Crippen molar-refractivity contribution in [3.8, 4) is 0 Å². The standard InChI is InChI=1S/C15H14N4O/c1-9-6-8-17-14-12(9)18-15(20)11-3-2-7-16-13(11)19(14)10-4-5-10/h2-3,6-8,10H,4-5H2,1H3,(H,18,20)/i1D3,7D. The molecule has 5 heteroatoms. The molecule has 0 bridgehead atoms. The molecule has 1 amide bonds. The lowest BCUT2D eigenvalue weighted by molar-refractivity contribution is 0.102. The van der Waals surface area contributed by atoms with Gasteiger partial charge < -0.3 is 10.2 Å². The van der Waals surface area contributed by atoms with Gasteiger partial charge in [0.2, 0.25) is 0 Å². The summed E-state index contributed by atoms with van der Waals surface area (Å²) in [5, 5.41) is 2.68. The van der Waals surface area contributed by atoms with E-state index < -0.39 is 12.8 Å². The zero-order valence-electron chi connectivity index (χ0n) is 14.6. The fourth-order valence-electron chi connectivity index (χ4n) is 2.43. The fourth-order valence-corrected chi connectivity index (χ4v) is 2.43. The van der Waals surface area contributed by atoms with Crippen LogP contribution in [0.5, 0.6) is 0 Å². The van der Waals surface area contributed by atoms with Gasteiger partial charge in [-0.2, -0.15) is 0 Å². The highest BCUT2D eigenvalue weighted by Gasteiger charge is 2.37. The molecular weight excluding hydrogens is 252 g/mol. The van der Waals surface area contributed by atoms with E-state index in [2.05, 4.69) is 15.3 Å². The third kappa shape index (κ3) is 1.59. The van der Waals surface area contributed by atoms with Crippen molar-refractivity contribution in [1.29, 1.82) is 0 Å². The van der Waals surface area contributed by atoms with Crippen LogP contribution in [0, 0.1) is 6.85 Å². The number of nitrogens with zero attached hydrogens (tertiary/aromatic N) is 3. The highest BCUT2D eigenvalue weighted by molar-refractivity contribution is 6.11. The number of pyridine rings is 2. The van der Waals surface area contributed by atoms with Crippen LogP contribution in [0.1, 0.15) is 34.2 Å². The van der Waals surface area contributed by atoms with Crippen LogP contribution in [0.4, 0.5) is 17.3 Å². The van der Waals surface area contributed by atoms with Crippen molar-refractivity contribution in [2.45, 2.75) is 25.7 Å². The van der Waals surface area contributed by atoms with Crippen molar-refractivity contribution in [2.24, 2.45) is 0 Å². The van der Waals surface area contributed by atoms with Crippen LogP contribution >= 0.6 is 0 Å². The van der Waals surface area contributed by atoms with Gasteiger partial charge in [0.05, 0.1) is 12.6 Å². The molecule has 1 aliphatic heterocycles. The zero-order valence-corrected chi connectivity index (χ0v) is 10.6. The topological polar surface area (TPSA) is 58.1 Å². The van der Waals surface area contributed by atoms with Gasteiger partial charge in [0.25, 0.3) is 5.91 Å². The smallest absolute Gasteiger partial charge is 0.259 e. The van der Waals surface area contributed by atoms with Gasteiger partial charge in [-0.25, -0.2) is 9.97 Å². The maximum absolute atomic E-state index is 12.6. The molecule has 0 spiro atoms. The normalized spacial score (nSPS) is 20.6. The molecule has 5 nitrogen and oxygen atoms in total. The quantitative estimate of drug-likeness (QED) is 0.865. The number of fused-ring (bicyclic) bond motifs is 2. The van der Waals surface area contributed by atoms with Gasteiger partial charge >= 0.3 is 0 Å². The summed E-state index contributed by atoms with van der Waals surface area (Å²) in [6.07, 6.45) is 3.27. The number of aromatic nitrogens is 2. The Hall–Kier alpha value is -2.43. The summed E-state index contributed by atoms with van der Waals surface area (Å²) >= 11 is 0. The van der Waals surface area contributed by atoms with Crippen LogP contribution in [-0.4, -0.2) is 21.9 Å². The van der Waals surface area contributed by atoms with Crippen LogP contribution in [0.3, 0.4) is 0 Å². The number of rotatable bonds is 1. The number of hydrogen-bond acceptors (Lipinski definition) is 4. The Kier molecular flexibility index (Phi) is 1.61. The van der Waals surface area contributed by atoms with Gasteiger partial charge in [0.15, 0.2) is 5.82 Å². The summed E-state index contributed by atoms with van der Waals surface area (Å²) in [5.74, 6) is 0.285. The monoisotopic (exact) mass is 270 g/mol. The van der Waals surface area contributed by atoms with Crippen LogP contribution in [0.2, 0.25) is 0 Å². The van der Waals surface area contributed by atoms with Crippen molar-refractivity contribution in [3.63, 3.8) is 0 Å². The molecule has 0 atom stereocenters. The average molecular weight is 270 g/mol. The van der Waals surface area contributed by atoms with Crippen LogP contribution in [-0.2, 0) is 0 Å². The molecule has 1 aliphatic carbocycles. The van der Waals surface area contributed by atoms with E-state index in [1.54, 1.807) is 4.90 Å². The molecule has 1 N–H and O–H groups in total. The van der Waals surface area contributed by atoms with E-state index >= 15 is 0 Å². The van der Waals surface area contributed by atoms with Crippen molar-refractivity contribution >= 4 is 23.2 Å². The second-order valence-electron chi connectivity index (χ2n) is 4.92. The molecule has 1 fully saturated rings. The number of amides is 1. The Morgan fingerprint density at radius 3 is 3.10 bits per heavy atom. The predicted molar refractivity (Wildman–Crippen MR) is 76.3 cm³/mol. The van der Waals surface area contributed by atoms with Crippen molar-refractivity contribution in [2.75, 3.05) is 10.2 Å². The second kappa shape index (κ2) is 4.03. The van der Waals surface area contributed by atoms with Gasteiger partial charge in [-0.1, -0.05) is 0 Å². The summed E-state index contributed by atoms with van der Waals surface area (Å²) in [7, 11) is 0. The van der Waals surface area contributed by atoms with Crippen molar-refractivity contribution in [3.05, 3.63) is 41.7 Å². The maximum atomic E-state index is 12.6. The Morgan fingerprint density at radius 1 is 1.40 bits per heavy atom. The SMILES string of the molecule is [2H]c1ccc2c(n1)N(C1CC1)c1nccc(C([2H])([2H])[2H])c1NC2=O. The van der Waals surface area contributed by atoms with Crippen LogP contribution < -0.4 is 10.2 Å². The molecule has 100 valence electrons. The Labute approximate surface area is 122 Å². The fraction of sp³-hybridized carbons (Fsp3) is 0.267. The Morgan fingerprint density at radius 2 is 2.30 bits per heavy atom. The van der Waals surface area contributed by atoms with E-state index in [9.17, 15) is 4.79 Å². The summed E-state index contributed by atoms with van der Waals surface area (Å²) in [6, 6.07) is 4.48. The van der Waals surface area contributed by atoms with Crippen LogP contribution in [0.15, 0.2) is 30.6 Å². The first-order chi connectivity index (χ1) is 11.4. The first kappa shape index (κ1) is 7.99. The zero-order chi connectivity index (χ0) is 17.1. The largest absolute Gasteiger partial charge is 0.318 e. The second-order valence-corrected chi connectivity index (χ2v) is 4.92. The molecule has 0 unspecified atom stereocenters. The molecule has 0 aromatic carbocycles. The number of aryl methyl sites for hydroxylation is 1. The van der Waals surface area contributed by atoms with Gasteiger partial charge in [0.1, 0.15) is 5.82 Å². The molecular formula is C15H14N4O. The molecule has 0 saturated heterocycles. The molecule has 0 radical (unpaired) electrons. The van der Waals surface area contributed by atoms with E-state index in [0.717, 1.165) is 12.8 Å². The number of hydrogen-bond donors (Lipinski definition) is 1. The minimum Gasteiger partial charge on any atom is -0.318 e. The van der Waals surface area contributed by atoms with Crippen molar-refractivity contribution < 1.29 is 10.3 Å². The molecule has 3 heterocycles. The molecule has 2 aliphatic rings. The van der Waals surface area contributed by atoms with Gasteiger partial charge in [-0.05, 0) is 43.5 Å². The average Bonchev–Trinajstić information content (AvgIpc) is 3.32. The molecule has 2 aromatic heterocycles. The summed E-state index contributed by atoms with van der Waals surface area (Å²) < 4.78 is 30.9. The van der Waals surface area contributed by atoms with E-state index in [1.807, 2.05) is 0 Å². The molecule has 1 saturated carbocycles. The number of carbonyl (C=O) groups excluding carboxylic acids is 1. The number of carbonyl (C=O) groups is 1. The third-order valence-corrected chi connectivity index (χ3v) is 3.52. The summed E-state index contributed by atoms with van der Waals surface area (Å²) in [5.41, 5.74) is 0.553. The molecule has 20 heavy (non-hydrogen) atoms. The third-order valence-electron chi connectivity index (χ3n) is 3.52. The highest BCUT2D eigenvalue weighted by Crippen LogP contribution is 2.43. The highest BCUT2D eigenvalue weighted by atomic mass is 16.1. The number of anilines is 3. The lowest BCUT2D eigenvalue weighted by Gasteiger charge is -2.23. The molecule has 4 rings (SSSR count). The van der Waals surface area contributed by atoms with E-state index in [0.29, 0.717) is 17.2 Å². The lowest BCUT2D eigenvalue weighted by Crippen LogP contribution is -2.22. The summed E-state index contributed by atoms with van der Waals surface area (Å²) in [6.45, 7) is -2.37. The minimum atomic E-state index is -2.37. The molecule has 2 aromatic rings. The van der Waals surface area contributed by atoms with Gasteiger partial charge in [-0.15, -0.1) is 0 Å². The van der Waals surface area contributed by atoms with E-state index in [1.165, 1.54) is 24.4 Å². The Balaban J connectivity index is 2.00. The lowest BCUT2D eigenvalue weighted by atomic mass is 10.2. The first-order valence-corrected chi connectivity index (χ1v) is 6.44. The maximum Gasteiger partial charge on any atom is 0.259 e. The first-order valence-electron chi connectivity index (χ1n) is 8.44. The minimum absolute atomic E-state index is 0.0441. The van der Waals surface area contributed by atoms with E-state index in [4.69, 9.17) is 5.48 Å².